The molecule has 0 bridgehead atoms. The summed E-state index contributed by atoms with van der Waals surface area (Å²) in [6.45, 7) is 2.11. The van der Waals surface area contributed by atoms with Crippen LogP contribution in [0.1, 0.15) is 24.9 Å². The van der Waals surface area contributed by atoms with E-state index in [0.29, 0.717) is 16.6 Å². The molecule has 0 heterocycles. The molecule has 0 aliphatic rings. The highest BCUT2D eigenvalue weighted by Crippen LogP contribution is 2.30. The van der Waals surface area contributed by atoms with Gasteiger partial charge in [-0.1, -0.05) is 35.0 Å². The molecule has 24 heavy (non-hydrogen) atoms. The molecule has 0 aliphatic heterocycles. The van der Waals surface area contributed by atoms with Gasteiger partial charge in [-0.2, -0.15) is 0 Å². The maximum atomic E-state index is 5.44. The van der Waals surface area contributed by atoms with Crippen LogP contribution in [0.5, 0.6) is 11.5 Å². The van der Waals surface area contributed by atoms with Crippen molar-refractivity contribution in [2.24, 2.45) is 0 Å². The van der Waals surface area contributed by atoms with Gasteiger partial charge in [0.15, 0.2) is 16.6 Å². The van der Waals surface area contributed by atoms with E-state index in [1.54, 1.807) is 14.2 Å². The summed E-state index contributed by atoms with van der Waals surface area (Å²) in [5.41, 5.74) is 2.03. The standard InChI is InChI=1S/C18H21BrN2O2S/c1-4-15(12-8-9-16(22-2)17(10-12)23-3)21-18(24)20-14-7-5-6-13(19)11-14/h5-11,15H,4H2,1-3H3,(H2,20,21,24)/t15-/m0/s1. The Morgan fingerprint density at radius 2 is 1.88 bits per heavy atom. The van der Waals surface area contributed by atoms with Crippen LogP contribution < -0.4 is 20.1 Å². The molecule has 2 N–H and O–H groups in total. The van der Waals surface area contributed by atoms with E-state index < -0.39 is 0 Å². The molecular weight excluding hydrogens is 388 g/mol. The molecular formula is C18H21BrN2O2S. The maximum Gasteiger partial charge on any atom is 0.171 e. The molecule has 0 spiro atoms. The van der Waals surface area contributed by atoms with Gasteiger partial charge in [0.1, 0.15) is 0 Å². The molecule has 0 saturated carbocycles. The Hall–Kier alpha value is -1.79. The lowest BCUT2D eigenvalue weighted by molar-refractivity contribution is 0.354. The second kappa shape index (κ2) is 8.89. The number of thiocarbonyl (C=S) groups is 1. The van der Waals surface area contributed by atoms with Crippen LogP contribution in [0, 0.1) is 0 Å². The van der Waals surface area contributed by atoms with Gasteiger partial charge in [0.05, 0.1) is 20.3 Å². The fraction of sp³-hybridized carbons (Fsp3) is 0.278. The van der Waals surface area contributed by atoms with Gasteiger partial charge in [0.25, 0.3) is 0 Å². The van der Waals surface area contributed by atoms with Crippen molar-refractivity contribution < 1.29 is 9.47 Å². The Morgan fingerprint density at radius 1 is 1.12 bits per heavy atom. The summed E-state index contributed by atoms with van der Waals surface area (Å²) in [5, 5.41) is 7.13. The zero-order chi connectivity index (χ0) is 17.5. The van der Waals surface area contributed by atoms with Crippen LogP contribution in [0.2, 0.25) is 0 Å². The summed E-state index contributed by atoms with van der Waals surface area (Å²) >= 11 is 8.89. The number of hydrogen-bond donors (Lipinski definition) is 2. The van der Waals surface area contributed by atoms with Crippen molar-refractivity contribution in [2.45, 2.75) is 19.4 Å². The first-order valence-electron chi connectivity index (χ1n) is 7.62. The van der Waals surface area contributed by atoms with Gasteiger partial charge in [-0.05, 0) is 54.5 Å². The minimum absolute atomic E-state index is 0.0805. The SMILES string of the molecule is CC[C@H](NC(=S)Nc1cccc(Br)c1)c1ccc(OC)c(OC)c1. The summed E-state index contributed by atoms with van der Waals surface area (Å²) in [6, 6.07) is 13.9. The first kappa shape index (κ1) is 18.5. The van der Waals surface area contributed by atoms with Crippen LogP contribution in [0.4, 0.5) is 5.69 Å². The third-order valence-corrected chi connectivity index (χ3v) is 4.32. The fourth-order valence-corrected chi connectivity index (χ4v) is 3.04. The molecule has 0 saturated heterocycles. The minimum atomic E-state index is 0.0805. The third-order valence-electron chi connectivity index (χ3n) is 3.61. The molecule has 0 unspecified atom stereocenters. The molecule has 4 nitrogen and oxygen atoms in total. The lowest BCUT2D eigenvalue weighted by Gasteiger charge is -2.21. The van der Waals surface area contributed by atoms with E-state index in [2.05, 4.69) is 33.5 Å². The molecule has 0 radical (unpaired) electrons. The zero-order valence-electron chi connectivity index (χ0n) is 13.9. The van der Waals surface area contributed by atoms with Crippen LogP contribution >= 0.6 is 28.1 Å². The number of nitrogens with one attached hydrogen (secondary N) is 2. The van der Waals surface area contributed by atoms with E-state index in [9.17, 15) is 0 Å². The van der Waals surface area contributed by atoms with Crippen molar-refractivity contribution in [1.29, 1.82) is 0 Å². The average Bonchev–Trinajstić information content (AvgIpc) is 2.59. The summed E-state index contributed by atoms with van der Waals surface area (Å²) < 4.78 is 11.7. The zero-order valence-corrected chi connectivity index (χ0v) is 16.3. The first-order valence-corrected chi connectivity index (χ1v) is 8.82. The van der Waals surface area contributed by atoms with Crippen molar-refractivity contribution in [3.63, 3.8) is 0 Å². The monoisotopic (exact) mass is 408 g/mol. The molecule has 0 amide bonds. The highest BCUT2D eigenvalue weighted by Gasteiger charge is 2.14. The topological polar surface area (TPSA) is 42.5 Å². The van der Waals surface area contributed by atoms with Gasteiger partial charge in [-0.25, -0.2) is 0 Å². The van der Waals surface area contributed by atoms with Gasteiger partial charge < -0.3 is 20.1 Å². The van der Waals surface area contributed by atoms with Gasteiger partial charge in [0.2, 0.25) is 0 Å². The van der Waals surface area contributed by atoms with Crippen LogP contribution in [-0.2, 0) is 0 Å². The summed E-state index contributed by atoms with van der Waals surface area (Å²) in [5.74, 6) is 1.42. The molecule has 0 aromatic heterocycles. The molecule has 0 aliphatic carbocycles. The predicted molar refractivity (Wildman–Crippen MR) is 106 cm³/mol. The van der Waals surface area contributed by atoms with Gasteiger partial charge >= 0.3 is 0 Å². The first-order chi connectivity index (χ1) is 11.6. The molecule has 128 valence electrons. The van der Waals surface area contributed by atoms with Gasteiger partial charge in [-0.3, -0.25) is 0 Å². The molecule has 2 aromatic carbocycles. The number of anilines is 1. The number of rotatable bonds is 6. The van der Waals surface area contributed by atoms with Crippen molar-refractivity contribution in [2.75, 3.05) is 19.5 Å². The van der Waals surface area contributed by atoms with Gasteiger partial charge in [0, 0.05) is 10.2 Å². The van der Waals surface area contributed by atoms with Crippen LogP contribution in [0.3, 0.4) is 0 Å². The number of methoxy groups -OCH3 is 2. The Bertz CT molecular complexity index is 709. The number of halogens is 1. The lowest BCUT2D eigenvalue weighted by Crippen LogP contribution is -2.32. The highest BCUT2D eigenvalue weighted by molar-refractivity contribution is 9.10. The fourth-order valence-electron chi connectivity index (χ4n) is 2.38. The van der Waals surface area contributed by atoms with Crippen LogP contribution in [0.25, 0.3) is 0 Å². The summed E-state index contributed by atoms with van der Waals surface area (Å²) in [4.78, 5) is 0. The van der Waals surface area contributed by atoms with E-state index in [-0.39, 0.29) is 6.04 Å². The second-order valence-corrected chi connectivity index (χ2v) is 6.51. The van der Waals surface area contributed by atoms with Crippen molar-refractivity contribution in [3.8, 4) is 11.5 Å². The van der Waals surface area contributed by atoms with Crippen molar-refractivity contribution >= 4 is 38.9 Å². The second-order valence-electron chi connectivity index (χ2n) is 5.18. The van der Waals surface area contributed by atoms with Crippen molar-refractivity contribution in [3.05, 3.63) is 52.5 Å². The summed E-state index contributed by atoms with van der Waals surface area (Å²) in [7, 11) is 3.26. The van der Waals surface area contributed by atoms with E-state index in [1.807, 2.05) is 42.5 Å². The minimum Gasteiger partial charge on any atom is -0.493 e. The number of benzene rings is 2. The average molecular weight is 409 g/mol. The molecule has 1 atom stereocenters. The highest BCUT2D eigenvalue weighted by atomic mass is 79.9. The van der Waals surface area contributed by atoms with E-state index in [0.717, 1.165) is 22.1 Å². The maximum absolute atomic E-state index is 5.44. The van der Waals surface area contributed by atoms with E-state index in [4.69, 9.17) is 21.7 Å². The molecule has 2 rings (SSSR count). The van der Waals surface area contributed by atoms with Crippen LogP contribution in [0.15, 0.2) is 46.9 Å². The largest absolute Gasteiger partial charge is 0.493 e. The van der Waals surface area contributed by atoms with E-state index in [1.165, 1.54) is 0 Å². The third kappa shape index (κ3) is 4.85. The predicted octanol–water partition coefficient (Wildman–Crippen LogP) is 4.90. The Labute approximate surface area is 156 Å². The smallest absolute Gasteiger partial charge is 0.171 e. The molecule has 0 fully saturated rings. The number of ether oxygens (including phenoxy) is 2. The van der Waals surface area contributed by atoms with Gasteiger partial charge in [-0.15, -0.1) is 0 Å². The molecule has 6 heteroatoms. The Morgan fingerprint density at radius 3 is 2.50 bits per heavy atom. The summed E-state index contributed by atoms with van der Waals surface area (Å²) in [6.07, 6.45) is 0.885. The Balaban J connectivity index is 2.09. The lowest BCUT2D eigenvalue weighted by atomic mass is 10.0. The normalized spacial score (nSPS) is 11.5. The Kier molecular flexibility index (Phi) is 6.87. The van der Waals surface area contributed by atoms with Crippen molar-refractivity contribution in [1.82, 2.24) is 5.32 Å². The molecule has 2 aromatic rings. The van der Waals surface area contributed by atoms with Crippen LogP contribution in [-0.4, -0.2) is 19.3 Å². The quantitative estimate of drug-likeness (QED) is 0.664. The van der Waals surface area contributed by atoms with E-state index >= 15 is 0 Å². The number of hydrogen-bond acceptors (Lipinski definition) is 3.